The molecule has 0 radical (unpaired) electrons. The lowest BCUT2D eigenvalue weighted by molar-refractivity contribution is 0.0696. The first kappa shape index (κ1) is 18.1. The Hall–Kier alpha value is -1.20. The highest BCUT2D eigenvalue weighted by atomic mass is 35.5. The highest BCUT2D eigenvalue weighted by Gasteiger charge is 2.31. The fourth-order valence-electron chi connectivity index (χ4n) is 2.23. The Morgan fingerprint density at radius 1 is 1.04 bits per heavy atom. The van der Waals surface area contributed by atoms with E-state index in [1.165, 1.54) is 10.4 Å². The average Bonchev–Trinajstić information content (AvgIpc) is 2.45. The van der Waals surface area contributed by atoms with Gasteiger partial charge in [0.25, 0.3) is 0 Å². The number of benzene rings is 1. The van der Waals surface area contributed by atoms with E-state index in [9.17, 15) is 21.6 Å². The molecule has 0 saturated carbocycles. The van der Waals surface area contributed by atoms with Gasteiger partial charge in [0, 0.05) is 31.2 Å². The number of halogens is 1. The first-order chi connectivity index (χ1) is 10.5. The van der Waals surface area contributed by atoms with Crippen molar-refractivity contribution >= 4 is 37.6 Å². The van der Waals surface area contributed by atoms with Gasteiger partial charge in [0.15, 0.2) is 0 Å². The van der Waals surface area contributed by atoms with E-state index in [-0.39, 0.29) is 41.7 Å². The van der Waals surface area contributed by atoms with Crippen molar-refractivity contribution in [2.24, 2.45) is 0 Å². The quantitative estimate of drug-likeness (QED) is 0.801. The second-order valence-corrected chi connectivity index (χ2v) is 9.40. The van der Waals surface area contributed by atoms with Crippen LogP contribution in [0.15, 0.2) is 23.1 Å². The van der Waals surface area contributed by atoms with Crippen LogP contribution in [0.2, 0.25) is 5.02 Å². The molecule has 0 spiro atoms. The molecule has 1 aliphatic rings. The fraction of sp³-hybridized carbons (Fsp3) is 0.417. The number of carboxylic acid groups (broad SMARTS) is 1. The van der Waals surface area contributed by atoms with Gasteiger partial charge in [-0.3, -0.25) is 0 Å². The van der Waals surface area contributed by atoms with E-state index >= 15 is 0 Å². The van der Waals surface area contributed by atoms with Crippen molar-refractivity contribution in [1.82, 2.24) is 8.61 Å². The molecule has 8 nitrogen and oxygen atoms in total. The van der Waals surface area contributed by atoms with Crippen LogP contribution < -0.4 is 0 Å². The molecule has 23 heavy (non-hydrogen) atoms. The molecule has 1 aromatic carbocycles. The lowest BCUT2D eigenvalue weighted by Crippen LogP contribution is -2.50. The third kappa shape index (κ3) is 4.01. The van der Waals surface area contributed by atoms with Crippen molar-refractivity contribution in [2.45, 2.75) is 4.90 Å². The number of carboxylic acids is 1. The summed E-state index contributed by atoms with van der Waals surface area (Å²) in [5.41, 5.74) is -0.231. The van der Waals surface area contributed by atoms with Crippen molar-refractivity contribution < 1.29 is 26.7 Å². The molecule has 0 unspecified atom stereocenters. The standard InChI is InChI=1S/C12H15ClN2O6S2/c1-22(18,19)14-2-4-15(5-3-14)23(20,21)11-7-9(12(16)17)6-10(13)8-11/h6-8H,2-5H2,1H3,(H,16,17). The summed E-state index contributed by atoms with van der Waals surface area (Å²) < 4.78 is 50.4. The topological polar surface area (TPSA) is 112 Å². The number of sulfonamides is 2. The molecule has 1 aliphatic heterocycles. The van der Waals surface area contributed by atoms with Gasteiger partial charge in [-0.05, 0) is 18.2 Å². The van der Waals surface area contributed by atoms with Gasteiger partial charge in [-0.2, -0.15) is 8.61 Å². The van der Waals surface area contributed by atoms with Crippen LogP contribution >= 0.6 is 11.6 Å². The van der Waals surface area contributed by atoms with Crippen LogP contribution in [0.5, 0.6) is 0 Å². The van der Waals surface area contributed by atoms with Crippen LogP contribution in [-0.4, -0.2) is 69.0 Å². The van der Waals surface area contributed by atoms with E-state index in [4.69, 9.17) is 16.7 Å². The van der Waals surface area contributed by atoms with Gasteiger partial charge < -0.3 is 5.11 Å². The monoisotopic (exact) mass is 382 g/mol. The van der Waals surface area contributed by atoms with Crippen LogP contribution in [0.1, 0.15) is 10.4 Å². The second kappa shape index (κ2) is 6.36. The maximum atomic E-state index is 12.6. The minimum atomic E-state index is -3.95. The largest absolute Gasteiger partial charge is 0.478 e. The average molecular weight is 383 g/mol. The lowest BCUT2D eigenvalue weighted by atomic mass is 10.2. The minimum absolute atomic E-state index is 0.00162. The number of carbonyl (C=O) groups is 1. The third-order valence-electron chi connectivity index (χ3n) is 3.42. The van der Waals surface area contributed by atoms with E-state index < -0.39 is 26.0 Å². The molecule has 1 heterocycles. The molecule has 11 heteroatoms. The zero-order chi connectivity index (χ0) is 17.4. The molecule has 0 atom stereocenters. The zero-order valence-electron chi connectivity index (χ0n) is 12.1. The van der Waals surface area contributed by atoms with Gasteiger partial charge in [0.2, 0.25) is 20.0 Å². The Bertz CT molecular complexity index is 829. The van der Waals surface area contributed by atoms with Crippen LogP contribution in [0.3, 0.4) is 0 Å². The fourth-order valence-corrected chi connectivity index (χ4v) is 4.85. The van der Waals surface area contributed by atoms with Gasteiger partial charge in [-0.25, -0.2) is 21.6 Å². The van der Waals surface area contributed by atoms with E-state index in [1.807, 2.05) is 0 Å². The minimum Gasteiger partial charge on any atom is -0.478 e. The van der Waals surface area contributed by atoms with E-state index in [0.717, 1.165) is 22.7 Å². The molecular weight excluding hydrogens is 368 g/mol. The molecule has 0 aliphatic carbocycles. The maximum absolute atomic E-state index is 12.6. The normalized spacial score (nSPS) is 18.0. The summed E-state index contributed by atoms with van der Waals surface area (Å²) in [6.07, 6.45) is 1.06. The molecule has 1 saturated heterocycles. The van der Waals surface area contributed by atoms with Gasteiger partial charge in [0.1, 0.15) is 0 Å². The summed E-state index contributed by atoms with van der Waals surface area (Å²) in [5.74, 6) is -1.29. The highest BCUT2D eigenvalue weighted by Crippen LogP contribution is 2.23. The van der Waals surface area contributed by atoms with Crippen molar-refractivity contribution in [3.05, 3.63) is 28.8 Å². The van der Waals surface area contributed by atoms with E-state index in [1.54, 1.807) is 0 Å². The summed E-state index contributed by atoms with van der Waals surface area (Å²) in [7, 11) is -7.32. The van der Waals surface area contributed by atoms with E-state index in [2.05, 4.69) is 0 Å². The molecular formula is C12H15ClN2O6S2. The predicted molar refractivity (Wildman–Crippen MR) is 83.6 cm³/mol. The molecule has 0 amide bonds. The summed E-state index contributed by atoms with van der Waals surface area (Å²) in [5, 5.41) is 8.99. The predicted octanol–water partition coefficient (Wildman–Crippen LogP) is 0.304. The van der Waals surface area contributed by atoms with Crippen LogP contribution in [0.25, 0.3) is 0 Å². The SMILES string of the molecule is CS(=O)(=O)N1CCN(S(=O)(=O)c2cc(Cl)cc(C(=O)O)c2)CC1. The number of nitrogens with zero attached hydrogens (tertiary/aromatic N) is 2. The van der Waals surface area contributed by atoms with Crippen LogP contribution in [0, 0.1) is 0 Å². The highest BCUT2D eigenvalue weighted by molar-refractivity contribution is 7.89. The Balaban J connectivity index is 2.28. The van der Waals surface area contributed by atoms with Crippen molar-refractivity contribution in [3.8, 4) is 0 Å². The van der Waals surface area contributed by atoms with Gasteiger partial charge >= 0.3 is 5.97 Å². The van der Waals surface area contributed by atoms with Gasteiger partial charge in [-0.15, -0.1) is 0 Å². The molecule has 1 fully saturated rings. The Morgan fingerprint density at radius 3 is 2.04 bits per heavy atom. The Morgan fingerprint density at radius 2 is 1.57 bits per heavy atom. The summed E-state index contributed by atoms with van der Waals surface area (Å²) >= 11 is 5.79. The maximum Gasteiger partial charge on any atom is 0.335 e. The second-order valence-electron chi connectivity index (χ2n) is 5.05. The third-order valence-corrected chi connectivity index (χ3v) is 6.82. The first-order valence-corrected chi connectivity index (χ1v) is 10.2. The van der Waals surface area contributed by atoms with Gasteiger partial charge in [0.05, 0.1) is 16.7 Å². The molecule has 128 valence electrons. The number of aromatic carboxylic acids is 1. The summed E-state index contributed by atoms with van der Waals surface area (Å²) in [6.45, 7) is 0.0729. The Kier molecular flexibility index (Phi) is 5.02. The van der Waals surface area contributed by atoms with Crippen molar-refractivity contribution in [2.75, 3.05) is 32.4 Å². The zero-order valence-corrected chi connectivity index (χ0v) is 14.5. The Labute approximate surface area is 139 Å². The van der Waals surface area contributed by atoms with Crippen LogP contribution in [0.4, 0.5) is 0 Å². The van der Waals surface area contributed by atoms with Gasteiger partial charge in [-0.1, -0.05) is 11.6 Å². The molecule has 1 N–H and O–H groups in total. The molecule has 1 aromatic rings. The van der Waals surface area contributed by atoms with E-state index in [0.29, 0.717) is 0 Å². The summed E-state index contributed by atoms with van der Waals surface area (Å²) in [6, 6.07) is 3.36. The smallest absolute Gasteiger partial charge is 0.335 e. The number of piperazine rings is 1. The first-order valence-electron chi connectivity index (χ1n) is 6.51. The summed E-state index contributed by atoms with van der Waals surface area (Å²) in [4.78, 5) is 10.8. The number of rotatable bonds is 4. The lowest BCUT2D eigenvalue weighted by Gasteiger charge is -2.32. The number of hydrogen-bond donors (Lipinski definition) is 1. The molecule has 0 aromatic heterocycles. The van der Waals surface area contributed by atoms with Crippen LogP contribution in [-0.2, 0) is 20.0 Å². The molecule has 2 rings (SSSR count). The molecule has 0 bridgehead atoms. The van der Waals surface area contributed by atoms with Crippen molar-refractivity contribution in [3.63, 3.8) is 0 Å². The number of hydrogen-bond acceptors (Lipinski definition) is 5. The van der Waals surface area contributed by atoms with Crippen molar-refractivity contribution in [1.29, 1.82) is 0 Å².